The molecule has 1 aromatic carbocycles. The van der Waals surface area contributed by atoms with Crippen molar-refractivity contribution in [2.45, 2.75) is 12.5 Å². The van der Waals surface area contributed by atoms with Crippen LogP contribution in [0.4, 0.5) is 4.39 Å². The predicted octanol–water partition coefficient (Wildman–Crippen LogP) is 1.36. The van der Waals surface area contributed by atoms with E-state index in [9.17, 15) is 19.4 Å². The molecule has 1 aromatic rings. The van der Waals surface area contributed by atoms with E-state index in [1.54, 1.807) is 0 Å². The third-order valence-corrected chi connectivity index (χ3v) is 2.25. The van der Waals surface area contributed by atoms with E-state index in [0.717, 1.165) is 6.07 Å². The van der Waals surface area contributed by atoms with Crippen LogP contribution in [0.1, 0.15) is 18.0 Å². The van der Waals surface area contributed by atoms with Gasteiger partial charge in [-0.3, -0.25) is 4.79 Å². The molecule has 0 aliphatic heterocycles. The fourth-order valence-electron chi connectivity index (χ4n) is 1.25. The first-order chi connectivity index (χ1) is 7.34. The van der Waals surface area contributed by atoms with Gasteiger partial charge >= 0.3 is 5.97 Å². The zero-order valence-corrected chi connectivity index (χ0v) is 8.70. The molecule has 0 aromatic heterocycles. The van der Waals surface area contributed by atoms with E-state index in [2.05, 4.69) is 0 Å². The quantitative estimate of drug-likeness (QED) is 0.606. The number of hydrogen-bond acceptors (Lipinski definition) is 4. The summed E-state index contributed by atoms with van der Waals surface area (Å²) in [4.78, 5) is 10.4. The molecule has 88 valence electrons. The maximum Gasteiger partial charge on any atom is 0.305 e. The van der Waals surface area contributed by atoms with Gasteiger partial charge in [0.25, 0.3) is 0 Å². The average Bonchev–Trinajstić information content (AvgIpc) is 2.14. The smallest absolute Gasteiger partial charge is 0.305 e. The van der Waals surface area contributed by atoms with Gasteiger partial charge in [0.1, 0.15) is 0 Å². The second-order valence-corrected chi connectivity index (χ2v) is 3.57. The van der Waals surface area contributed by atoms with Gasteiger partial charge in [-0.05, 0) is 0 Å². The van der Waals surface area contributed by atoms with Crippen molar-refractivity contribution in [3.63, 3.8) is 0 Å². The first kappa shape index (κ1) is 12.5. The number of hydrogen-bond donors (Lipinski definition) is 4. The Bertz CT molecular complexity index is 412. The van der Waals surface area contributed by atoms with E-state index in [1.165, 1.54) is 0 Å². The van der Waals surface area contributed by atoms with Crippen LogP contribution in [0.5, 0.6) is 11.5 Å². The molecule has 0 fully saturated rings. The van der Waals surface area contributed by atoms with Crippen LogP contribution in [0.2, 0.25) is 5.02 Å². The number of halogens is 2. The van der Waals surface area contributed by atoms with Crippen molar-refractivity contribution in [1.29, 1.82) is 0 Å². The van der Waals surface area contributed by atoms with Crippen LogP contribution in [0, 0.1) is 5.82 Å². The minimum atomic E-state index is -1.29. The van der Waals surface area contributed by atoms with Crippen molar-refractivity contribution in [2.75, 3.05) is 0 Å². The first-order valence-corrected chi connectivity index (χ1v) is 4.59. The van der Waals surface area contributed by atoms with Gasteiger partial charge in [0, 0.05) is 12.1 Å². The zero-order valence-electron chi connectivity index (χ0n) is 7.94. The number of carboxylic acids is 1. The van der Waals surface area contributed by atoms with Crippen molar-refractivity contribution in [3.8, 4) is 11.5 Å². The van der Waals surface area contributed by atoms with Gasteiger partial charge in [-0.1, -0.05) is 11.6 Å². The van der Waals surface area contributed by atoms with Crippen molar-refractivity contribution in [3.05, 3.63) is 22.5 Å². The Labute approximate surface area is 94.9 Å². The highest BCUT2D eigenvalue weighted by Crippen LogP contribution is 2.38. The van der Waals surface area contributed by atoms with Gasteiger partial charge in [-0.15, -0.1) is 0 Å². The highest BCUT2D eigenvalue weighted by Gasteiger charge is 2.23. The summed E-state index contributed by atoms with van der Waals surface area (Å²) in [5.41, 5.74) is 4.88. The lowest BCUT2D eigenvalue weighted by Crippen LogP contribution is -2.16. The zero-order chi connectivity index (χ0) is 12.5. The molecule has 16 heavy (non-hydrogen) atoms. The summed E-state index contributed by atoms with van der Waals surface area (Å²) in [6, 6.07) is -0.481. The molecule has 0 bridgehead atoms. The summed E-state index contributed by atoms with van der Waals surface area (Å²) in [5, 5.41) is 26.6. The molecule has 0 spiro atoms. The Morgan fingerprint density at radius 3 is 2.62 bits per heavy atom. The first-order valence-electron chi connectivity index (χ1n) is 4.21. The number of aliphatic carboxylic acids is 1. The topological polar surface area (TPSA) is 104 Å². The van der Waals surface area contributed by atoms with Gasteiger partial charge in [0.2, 0.25) is 0 Å². The number of rotatable bonds is 3. The lowest BCUT2D eigenvalue weighted by atomic mass is 10.0. The van der Waals surface area contributed by atoms with Crippen LogP contribution < -0.4 is 5.73 Å². The fraction of sp³-hybridized carbons (Fsp3) is 0.222. The van der Waals surface area contributed by atoms with Gasteiger partial charge in [0.15, 0.2) is 17.3 Å². The van der Waals surface area contributed by atoms with Gasteiger partial charge < -0.3 is 21.1 Å². The molecule has 0 aliphatic rings. The van der Waals surface area contributed by atoms with E-state index in [4.69, 9.17) is 22.4 Å². The third kappa shape index (κ3) is 2.34. The van der Waals surface area contributed by atoms with Crippen LogP contribution >= 0.6 is 11.6 Å². The number of aromatic hydroxyl groups is 2. The predicted molar refractivity (Wildman–Crippen MR) is 53.9 cm³/mol. The summed E-state index contributed by atoms with van der Waals surface area (Å²) in [6.45, 7) is 0. The summed E-state index contributed by atoms with van der Waals surface area (Å²) in [6.07, 6.45) is -0.593. The molecule has 0 amide bonds. The number of nitrogens with two attached hydrogens (primary N) is 1. The number of phenols is 2. The lowest BCUT2D eigenvalue weighted by Gasteiger charge is -2.14. The molecule has 0 saturated heterocycles. The van der Waals surface area contributed by atoms with Crippen LogP contribution in [-0.4, -0.2) is 21.3 Å². The van der Waals surface area contributed by atoms with Crippen molar-refractivity contribution in [2.24, 2.45) is 5.73 Å². The Hall–Kier alpha value is -1.53. The van der Waals surface area contributed by atoms with Gasteiger partial charge in [0.05, 0.1) is 17.0 Å². The monoisotopic (exact) mass is 249 g/mol. The Balaban J connectivity index is 3.26. The second-order valence-electron chi connectivity index (χ2n) is 3.16. The molecule has 1 rings (SSSR count). The number of phenolic OH excluding ortho intramolecular Hbond substituents is 2. The van der Waals surface area contributed by atoms with Crippen LogP contribution in [0.15, 0.2) is 6.07 Å². The van der Waals surface area contributed by atoms with E-state index in [-0.39, 0.29) is 0 Å². The summed E-state index contributed by atoms with van der Waals surface area (Å²) < 4.78 is 13.5. The summed E-state index contributed by atoms with van der Waals surface area (Å²) in [7, 11) is 0. The highest BCUT2D eigenvalue weighted by molar-refractivity contribution is 6.31. The van der Waals surface area contributed by atoms with E-state index in [0.29, 0.717) is 0 Å². The SMILES string of the molecule is NC(CC(=O)O)c1c(O)c(O)cc(Cl)c1F. The molecule has 0 aliphatic carbocycles. The minimum absolute atomic E-state index is 0.439. The third-order valence-electron chi connectivity index (χ3n) is 1.97. The van der Waals surface area contributed by atoms with Gasteiger partial charge in [-0.2, -0.15) is 0 Å². The molecular formula is C9H9ClFNO4. The minimum Gasteiger partial charge on any atom is -0.504 e. The standard InChI is InChI=1S/C9H9ClFNO4/c10-3-1-5(13)9(16)7(8(3)11)4(12)2-6(14)15/h1,4,13,16H,2,12H2,(H,14,15). The van der Waals surface area contributed by atoms with Crippen molar-refractivity contribution < 1.29 is 24.5 Å². The normalized spacial score (nSPS) is 12.4. The fourth-order valence-corrected chi connectivity index (χ4v) is 1.46. The van der Waals surface area contributed by atoms with Crippen molar-refractivity contribution in [1.82, 2.24) is 0 Å². The Morgan fingerprint density at radius 1 is 1.56 bits per heavy atom. The summed E-state index contributed by atoms with van der Waals surface area (Å²) in [5.74, 6) is -3.74. The largest absolute Gasteiger partial charge is 0.504 e. The van der Waals surface area contributed by atoms with E-state index in [1.807, 2.05) is 0 Å². The highest BCUT2D eigenvalue weighted by atomic mass is 35.5. The molecule has 1 unspecified atom stereocenters. The van der Waals surface area contributed by atoms with Crippen LogP contribution in [-0.2, 0) is 4.79 Å². The molecule has 5 nitrogen and oxygen atoms in total. The molecule has 0 saturated carbocycles. The maximum atomic E-state index is 13.5. The average molecular weight is 250 g/mol. The molecule has 0 heterocycles. The Kier molecular flexibility index (Phi) is 3.56. The van der Waals surface area contributed by atoms with E-state index < -0.39 is 46.3 Å². The molecule has 7 heteroatoms. The molecule has 1 atom stereocenters. The molecule has 5 N–H and O–H groups in total. The number of carbonyl (C=O) groups is 1. The number of carboxylic acid groups (broad SMARTS) is 1. The van der Waals surface area contributed by atoms with Crippen LogP contribution in [0.3, 0.4) is 0 Å². The lowest BCUT2D eigenvalue weighted by molar-refractivity contribution is -0.137. The number of benzene rings is 1. The van der Waals surface area contributed by atoms with Crippen LogP contribution in [0.25, 0.3) is 0 Å². The summed E-state index contributed by atoms with van der Waals surface area (Å²) >= 11 is 5.42. The Morgan fingerprint density at radius 2 is 2.12 bits per heavy atom. The molecule has 0 radical (unpaired) electrons. The van der Waals surface area contributed by atoms with E-state index >= 15 is 0 Å². The second kappa shape index (κ2) is 4.54. The molecular weight excluding hydrogens is 241 g/mol. The van der Waals surface area contributed by atoms with Crippen molar-refractivity contribution >= 4 is 17.6 Å². The van der Waals surface area contributed by atoms with Gasteiger partial charge in [-0.25, -0.2) is 4.39 Å². The maximum absolute atomic E-state index is 13.5.